The number of nitrogens with one attached hydrogen (secondary N) is 5. The summed E-state index contributed by atoms with van der Waals surface area (Å²) < 4.78 is 5.41. The number of hydrogen-bond donors (Lipinski definition) is 5. The van der Waals surface area contributed by atoms with Gasteiger partial charge in [0, 0.05) is 183 Å². The van der Waals surface area contributed by atoms with E-state index in [0.717, 1.165) is 170 Å². The first kappa shape index (κ1) is 77.8. The summed E-state index contributed by atoms with van der Waals surface area (Å²) in [6.45, 7) is 35.3. The van der Waals surface area contributed by atoms with Crippen LogP contribution in [0.4, 0.5) is 46.5 Å². The van der Waals surface area contributed by atoms with Gasteiger partial charge in [0.25, 0.3) is 0 Å². The van der Waals surface area contributed by atoms with E-state index in [1.165, 1.54) is 96.4 Å². The molecule has 109 heavy (non-hydrogen) atoms. The van der Waals surface area contributed by atoms with Crippen LogP contribution in [0, 0.1) is 55.4 Å². The third kappa shape index (κ3) is 23.8. The summed E-state index contributed by atoms with van der Waals surface area (Å²) in [6, 6.07) is 33.0. The maximum atomic E-state index is 5.41. The van der Waals surface area contributed by atoms with Crippen molar-refractivity contribution in [2.75, 3.05) is 120 Å². The number of likely N-dealkylation sites (N-methyl/N-ethyl adjacent to an activating group) is 1. The van der Waals surface area contributed by atoms with Gasteiger partial charge in [0.15, 0.2) is 0 Å². The van der Waals surface area contributed by atoms with Crippen molar-refractivity contribution in [2.45, 2.75) is 101 Å². The molecular weight excluding hydrogens is 1440 g/mol. The van der Waals surface area contributed by atoms with Crippen molar-refractivity contribution in [3.05, 3.63) is 211 Å². The fourth-order valence-corrected chi connectivity index (χ4v) is 17.2. The lowest BCUT2D eigenvalue weighted by Gasteiger charge is -2.31. The van der Waals surface area contributed by atoms with Crippen LogP contribution in [0.15, 0.2) is 147 Å². The van der Waals surface area contributed by atoms with Crippen molar-refractivity contribution in [3.8, 4) is 42.8 Å². The molecule has 0 bridgehead atoms. The second-order valence-electron chi connectivity index (χ2n) is 28.4. The maximum absolute atomic E-state index is 5.41. The first-order chi connectivity index (χ1) is 53.0. The van der Waals surface area contributed by atoms with Gasteiger partial charge in [-0.15, -0.1) is 45.3 Å². The molecule has 12 heterocycles. The summed E-state index contributed by atoms with van der Waals surface area (Å²) in [4.78, 5) is 71.8. The summed E-state index contributed by atoms with van der Waals surface area (Å²) >= 11 is 6.84. The zero-order valence-corrected chi connectivity index (χ0v) is 67.1. The largest absolute Gasteiger partial charge is 0.379 e. The zero-order valence-electron chi connectivity index (χ0n) is 63.8. The van der Waals surface area contributed by atoms with E-state index >= 15 is 0 Å². The highest BCUT2D eigenvalue weighted by Crippen LogP contribution is 2.32. The molecule has 0 saturated carbocycles. The molecule has 16 rings (SSSR count). The van der Waals surface area contributed by atoms with E-state index in [1.54, 1.807) is 70.1 Å². The van der Waals surface area contributed by atoms with E-state index in [9.17, 15) is 0 Å². The highest BCUT2D eigenvalue weighted by atomic mass is 32.1. The lowest BCUT2D eigenvalue weighted by atomic mass is 10.1. The average Bonchev–Trinajstić information content (AvgIpc) is 1.71. The predicted molar refractivity (Wildman–Crippen MR) is 445 cm³/mol. The van der Waals surface area contributed by atoms with Crippen molar-refractivity contribution in [2.24, 2.45) is 0 Å². The minimum absolute atomic E-state index is 0.586. The fourth-order valence-electron chi connectivity index (χ4n) is 13.5. The Morgan fingerprint density at radius 1 is 0.330 bits per heavy atom. The smallest absolute Gasteiger partial charge is 0.227 e. The standard InChI is InChI=1S/C21H26N6S.C21H25N5S.C20H24N6S.C20H23N5OS/c1-15-10-16(2)12-17(11-15)24-21-22-5-4-19(25-21)20-23-13-18(28-20)14-27-8-6-26(3)7-9-27;1-15-10-16(2)12-17(11-15)24-21-22-7-6-19(25-21)20-23-13-18(27-20)14-26-8-4-3-5-9-26;1-14-9-15(2)11-16(10-14)24-20-22-4-3-18(25-20)19-23-12-17(27-19)13-26-7-5-21-6-8-26;1-14-9-15(2)11-16(10-14)23-20-21-4-3-18(24-20)19-22-12-17(27-19)13-25-5-7-26-8-6-25/h4-5,10-13H,6-9,14H2,1-3H3,(H,22,24,25);6-7,10-13H,3-5,8-9,14H2,1-2H3,(H,22,24,25);3-4,9-12,21H,5-8,13H2,1-2H3,(H,22,24,25);3-4,9-12H,5-8,13H2,1-2H3,(H,21,23,24). The van der Waals surface area contributed by atoms with E-state index in [2.05, 4.69) is 246 Å². The minimum atomic E-state index is 0.586. The van der Waals surface area contributed by atoms with E-state index in [4.69, 9.17) is 4.74 Å². The molecule has 5 N–H and O–H groups in total. The van der Waals surface area contributed by atoms with Crippen molar-refractivity contribution in [1.82, 2.24) is 89.6 Å². The molecule has 0 aliphatic carbocycles. The minimum Gasteiger partial charge on any atom is -0.379 e. The topological polar surface area (TPSA) is 240 Å². The van der Waals surface area contributed by atoms with Crippen LogP contribution < -0.4 is 26.6 Å². The van der Waals surface area contributed by atoms with Crippen LogP contribution in [0.1, 0.15) is 83.3 Å². The zero-order chi connectivity index (χ0) is 75.4. The molecule has 4 aliphatic rings. The number of hydrogen-bond acceptors (Lipinski definition) is 27. The number of thiazole rings is 4. The van der Waals surface area contributed by atoms with Crippen LogP contribution in [0.2, 0.25) is 0 Å². The molecule has 4 aromatic carbocycles. The Morgan fingerprint density at radius 2 is 0.606 bits per heavy atom. The summed E-state index contributed by atoms with van der Waals surface area (Å²) in [7, 11) is 2.18. The van der Waals surface area contributed by atoms with Crippen LogP contribution in [-0.2, 0) is 30.9 Å². The number of anilines is 8. The van der Waals surface area contributed by atoms with Crippen molar-refractivity contribution >= 4 is 91.9 Å². The lowest BCUT2D eigenvalue weighted by molar-refractivity contribution is 0.0346. The third-order valence-corrected chi connectivity index (χ3v) is 22.5. The molecule has 0 atom stereocenters. The average molecular weight is 1540 g/mol. The fraction of sp³-hybridized carbons (Fsp3) is 0.366. The molecule has 8 aromatic heterocycles. The lowest BCUT2D eigenvalue weighted by Crippen LogP contribution is -2.43. The molecular formula is C82H98N22OS4. The van der Waals surface area contributed by atoms with Gasteiger partial charge in [0.1, 0.15) is 42.8 Å². The van der Waals surface area contributed by atoms with Gasteiger partial charge in [0.05, 0.1) is 13.2 Å². The van der Waals surface area contributed by atoms with Gasteiger partial charge in [-0.25, -0.2) is 59.8 Å². The van der Waals surface area contributed by atoms with Gasteiger partial charge in [-0.2, -0.15) is 0 Å². The van der Waals surface area contributed by atoms with Crippen LogP contribution in [-0.4, -0.2) is 183 Å². The van der Waals surface area contributed by atoms with E-state index in [0.29, 0.717) is 23.8 Å². The second-order valence-corrected chi connectivity index (χ2v) is 32.9. The van der Waals surface area contributed by atoms with Crippen LogP contribution >= 0.6 is 45.3 Å². The molecule has 4 saturated heterocycles. The van der Waals surface area contributed by atoms with E-state index in [-0.39, 0.29) is 0 Å². The number of nitrogens with zero attached hydrogens (tertiary/aromatic N) is 17. The second kappa shape index (κ2) is 38.3. The molecule has 0 radical (unpaired) electrons. The predicted octanol–water partition coefficient (Wildman–Crippen LogP) is 15.8. The molecule has 0 unspecified atom stereocenters. The van der Waals surface area contributed by atoms with E-state index < -0.39 is 0 Å². The molecule has 566 valence electrons. The highest BCUT2D eigenvalue weighted by molar-refractivity contribution is 7.15. The Labute approximate surface area is 656 Å². The number of likely N-dealkylation sites (tertiary alicyclic amines) is 1. The maximum Gasteiger partial charge on any atom is 0.227 e. The highest BCUT2D eigenvalue weighted by Gasteiger charge is 2.20. The number of piperidine rings is 1. The Morgan fingerprint density at radius 3 is 0.908 bits per heavy atom. The number of benzene rings is 4. The van der Waals surface area contributed by atoms with Crippen molar-refractivity contribution in [3.63, 3.8) is 0 Å². The Hall–Kier alpha value is -9.36. The van der Waals surface area contributed by atoms with E-state index in [1.807, 2.05) is 49.1 Å². The normalized spacial score (nSPS) is 15.2. The molecule has 23 nitrogen and oxygen atoms in total. The SMILES string of the molecule is Cc1cc(C)cc(Nc2nccc(-c3ncc(CN4CCCCC4)s3)n2)c1.Cc1cc(C)cc(Nc2nccc(-c3ncc(CN4CCN(C)CC4)s3)n2)c1.Cc1cc(C)cc(Nc2nccc(-c3ncc(CN4CCNCC4)s3)n2)c1.Cc1cc(C)cc(Nc2nccc(-c3ncc(CN4CCOCC4)s3)n2)c1. The molecule has 4 fully saturated rings. The van der Waals surface area contributed by atoms with Crippen molar-refractivity contribution in [1.29, 1.82) is 0 Å². The Bertz CT molecular complexity index is 4480. The Kier molecular flexibility index (Phi) is 27.4. The number of morpholine rings is 1. The van der Waals surface area contributed by atoms with Gasteiger partial charge in [0.2, 0.25) is 23.8 Å². The molecule has 4 aliphatic heterocycles. The Balaban J connectivity index is 0.000000128. The van der Waals surface area contributed by atoms with Gasteiger partial charge >= 0.3 is 0 Å². The molecule has 0 spiro atoms. The van der Waals surface area contributed by atoms with Crippen LogP contribution in [0.25, 0.3) is 42.8 Å². The van der Waals surface area contributed by atoms with Crippen LogP contribution in [0.3, 0.4) is 0 Å². The first-order valence-electron chi connectivity index (χ1n) is 37.4. The quantitative estimate of drug-likeness (QED) is 0.0476. The summed E-state index contributed by atoms with van der Waals surface area (Å²) in [5, 5.41) is 20.4. The first-order valence-corrected chi connectivity index (χ1v) is 40.7. The number of ether oxygens (including phenoxy) is 1. The molecule has 12 aromatic rings. The molecule has 0 amide bonds. The number of aryl methyl sites for hydroxylation is 8. The van der Waals surface area contributed by atoms with Crippen molar-refractivity contribution < 1.29 is 4.74 Å². The van der Waals surface area contributed by atoms with Gasteiger partial charge < -0.3 is 36.2 Å². The summed E-state index contributed by atoms with van der Waals surface area (Å²) in [5.41, 5.74) is 17.1. The van der Waals surface area contributed by atoms with Gasteiger partial charge in [-0.3, -0.25) is 19.6 Å². The number of piperazine rings is 2. The number of rotatable bonds is 20. The molecule has 27 heteroatoms. The monoisotopic (exact) mass is 1530 g/mol. The van der Waals surface area contributed by atoms with Gasteiger partial charge in [-0.05, 0) is 206 Å². The third-order valence-electron chi connectivity index (χ3n) is 18.5. The summed E-state index contributed by atoms with van der Waals surface area (Å²) in [6.07, 6.45) is 19.0. The number of aromatic nitrogens is 12. The van der Waals surface area contributed by atoms with Crippen LogP contribution in [0.5, 0.6) is 0 Å². The summed E-state index contributed by atoms with van der Waals surface area (Å²) in [5.74, 6) is 2.38. The van der Waals surface area contributed by atoms with Gasteiger partial charge in [-0.1, -0.05) is 30.7 Å².